The van der Waals surface area contributed by atoms with Crippen molar-refractivity contribution in [2.45, 2.75) is 33.3 Å². The van der Waals surface area contributed by atoms with Crippen LogP contribution in [0.5, 0.6) is 0 Å². The van der Waals surface area contributed by atoms with Gasteiger partial charge < -0.3 is 9.15 Å². The Labute approximate surface area is 177 Å². The third kappa shape index (κ3) is 4.18. The summed E-state index contributed by atoms with van der Waals surface area (Å²) in [5, 5.41) is 1.88. The molecule has 2 aromatic carbocycles. The van der Waals surface area contributed by atoms with Gasteiger partial charge in [-0.25, -0.2) is 14.6 Å². The first-order valence-electron chi connectivity index (χ1n) is 9.75. The molecule has 2 heterocycles. The average molecular weight is 420 g/mol. The molecule has 2 amide bonds. The highest BCUT2D eigenvalue weighted by molar-refractivity contribution is 6.01. The third-order valence-electron chi connectivity index (χ3n) is 5.22. The number of carbonyl (C=O) groups is 3. The van der Waals surface area contributed by atoms with Gasteiger partial charge in [-0.05, 0) is 61.4 Å². The van der Waals surface area contributed by atoms with Crippen molar-refractivity contribution in [3.05, 3.63) is 75.1 Å². The van der Waals surface area contributed by atoms with Gasteiger partial charge in [0.05, 0.1) is 11.3 Å². The third-order valence-corrected chi connectivity index (χ3v) is 5.22. The Balaban J connectivity index is 1.50. The van der Waals surface area contributed by atoms with Crippen molar-refractivity contribution in [1.29, 1.82) is 0 Å². The van der Waals surface area contributed by atoms with E-state index in [1.165, 1.54) is 23.2 Å². The number of anilines is 1. The van der Waals surface area contributed by atoms with Crippen LogP contribution in [-0.4, -0.2) is 17.8 Å². The Morgan fingerprint density at radius 3 is 2.48 bits per heavy atom. The van der Waals surface area contributed by atoms with E-state index in [2.05, 4.69) is 5.43 Å². The lowest BCUT2D eigenvalue weighted by Crippen LogP contribution is -2.50. The summed E-state index contributed by atoms with van der Waals surface area (Å²) in [5.41, 5.74) is 5.74. The summed E-state index contributed by atoms with van der Waals surface area (Å²) in [5.74, 6) is -1.05. The number of hydrogen-bond acceptors (Lipinski definition) is 6. The van der Waals surface area contributed by atoms with E-state index in [0.717, 1.165) is 11.1 Å². The maximum atomic E-state index is 12.5. The molecule has 158 valence electrons. The first kappa shape index (κ1) is 20.3. The summed E-state index contributed by atoms with van der Waals surface area (Å²) in [6.45, 7) is 3.78. The van der Waals surface area contributed by atoms with E-state index in [4.69, 9.17) is 9.15 Å². The number of hydrazine groups is 1. The van der Waals surface area contributed by atoms with E-state index in [9.17, 15) is 19.2 Å². The maximum Gasteiger partial charge on any atom is 0.338 e. The van der Waals surface area contributed by atoms with Gasteiger partial charge in [0.15, 0.2) is 0 Å². The number of rotatable bonds is 4. The molecule has 0 radical (unpaired) electrons. The molecular formula is C23H20N2O6. The van der Waals surface area contributed by atoms with Crippen LogP contribution in [0.2, 0.25) is 0 Å². The van der Waals surface area contributed by atoms with Crippen LogP contribution in [0.15, 0.2) is 51.7 Å². The van der Waals surface area contributed by atoms with Gasteiger partial charge in [-0.1, -0.05) is 0 Å². The molecule has 1 aromatic heterocycles. The molecule has 1 aliphatic rings. The van der Waals surface area contributed by atoms with Crippen molar-refractivity contribution in [3.8, 4) is 0 Å². The fourth-order valence-corrected chi connectivity index (χ4v) is 3.36. The average Bonchev–Trinajstić information content (AvgIpc) is 2.75. The number of benzene rings is 2. The summed E-state index contributed by atoms with van der Waals surface area (Å²) < 4.78 is 10.7. The molecule has 4 rings (SSSR count). The first-order chi connectivity index (χ1) is 14.8. The molecule has 0 aliphatic carbocycles. The molecule has 8 nitrogen and oxygen atoms in total. The monoisotopic (exact) mass is 420 g/mol. The van der Waals surface area contributed by atoms with Gasteiger partial charge in [-0.3, -0.25) is 15.0 Å². The smallest absolute Gasteiger partial charge is 0.338 e. The molecular weight excluding hydrogens is 400 g/mol. The van der Waals surface area contributed by atoms with Crippen LogP contribution in [0.3, 0.4) is 0 Å². The molecule has 0 saturated carbocycles. The number of esters is 1. The highest BCUT2D eigenvalue weighted by Gasteiger charge is 2.24. The summed E-state index contributed by atoms with van der Waals surface area (Å²) >= 11 is 0. The Hall–Kier alpha value is -3.94. The minimum absolute atomic E-state index is 0.0914. The number of hydrogen-bond donors (Lipinski definition) is 1. The molecule has 1 N–H and O–H groups in total. The highest BCUT2D eigenvalue weighted by Crippen LogP contribution is 2.23. The van der Waals surface area contributed by atoms with Crippen molar-refractivity contribution in [1.82, 2.24) is 5.43 Å². The maximum absolute atomic E-state index is 12.5. The van der Waals surface area contributed by atoms with Crippen molar-refractivity contribution >= 4 is 34.4 Å². The van der Waals surface area contributed by atoms with Gasteiger partial charge in [-0.2, -0.15) is 0 Å². The second kappa shape index (κ2) is 8.06. The molecule has 1 saturated heterocycles. The highest BCUT2D eigenvalue weighted by atomic mass is 16.5. The fourth-order valence-electron chi connectivity index (χ4n) is 3.36. The largest absolute Gasteiger partial charge is 0.457 e. The number of amides is 2. The number of carbonyl (C=O) groups excluding carboxylic acids is 3. The van der Waals surface area contributed by atoms with Gasteiger partial charge in [-0.15, -0.1) is 0 Å². The predicted octanol–water partition coefficient (Wildman–Crippen LogP) is 2.92. The van der Waals surface area contributed by atoms with E-state index < -0.39 is 11.6 Å². The predicted molar refractivity (Wildman–Crippen MR) is 112 cm³/mol. The Kier molecular flexibility index (Phi) is 5.29. The lowest BCUT2D eigenvalue weighted by atomic mass is 10.0. The van der Waals surface area contributed by atoms with Crippen molar-refractivity contribution in [2.75, 3.05) is 5.01 Å². The summed E-state index contributed by atoms with van der Waals surface area (Å²) in [7, 11) is 0. The normalized spacial score (nSPS) is 13.9. The van der Waals surface area contributed by atoms with Gasteiger partial charge in [0.2, 0.25) is 11.8 Å². The fraction of sp³-hybridized carbons (Fsp3) is 0.217. The zero-order valence-corrected chi connectivity index (χ0v) is 17.1. The molecule has 0 unspecified atom stereocenters. The van der Waals surface area contributed by atoms with E-state index >= 15 is 0 Å². The standard InChI is InChI=1S/C23H20N2O6/c1-13-9-18-16(11-22(28)31-19(18)10-14(13)2)12-30-23(29)15-3-5-17(6-4-15)25-21(27)8-7-20(26)24-25/h3-6,9-11H,7-8,12H2,1-2H3,(H,24,26). The summed E-state index contributed by atoms with van der Waals surface area (Å²) in [6, 6.07) is 11.1. The molecule has 0 atom stereocenters. The lowest BCUT2D eigenvalue weighted by molar-refractivity contribution is -0.130. The van der Waals surface area contributed by atoms with Crippen molar-refractivity contribution in [2.24, 2.45) is 0 Å². The Bertz CT molecular complexity index is 1260. The van der Waals surface area contributed by atoms with E-state index in [1.54, 1.807) is 18.2 Å². The number of nitrogens with one attached hydrogen (secondary N) is 1. The van der Waals surface area contributed by atoms with Gasteiger partial charge in [0.1, 0.15) is 12.2 Å². The lowest BCUT2D eigenvalue weighted by Gasteiger charge is -2.27. The quantitative estimate of drug-likeness (QED) is 0.514. The molecule has 3 aromatic rings. The molecule has 8 heteroatoms. The van der Waals surface area contributed by atoms with Crippen LogP contribution in [0.4, 0.5) is 5.69 Å². The second-order valence-electron chi connectivity index (χ2n) is 7.41. The molecule has 0 bridgehead atoms. The van der Waals surface area contributed by atoms with Crippen LogP contribution in [0, 0.1) is 13.8 Å². The zero-order valence-electron chi connectivity index (χ0n) is 17.1. The molecule has 0 spiro atoms. The van der Waals surface area contributed by atoms with Crippen LogP contribution in [0.1, 0.15) is 39.9 Å². The van der Waals surface area contributed by atoms with Crippen LogP contribution < -0.4 is 16.1 Å². The molecule has 1 aliphatic heterocycles. The summed E-state index contributed by atoms with van der Waals surface area (Å²) in [6.07, 6.45) is 0.291. The topological polar surface area (TPSA) is 106 Å². The Morgan fingerprint density at radius 1 is 1.03 bits per heavy atom. The van der Waals surface area contributed by atoms with Crippen molar-refractivity contribution < 1.29 is 23.5 Å². The number of fused-ring (bicyclic) bond motifs is 1. The number of aryl methyl sites for hydroxylation is 2. The number of ether oxygens (including phenoxy) is 1. The Morgan fingerprint density at radius 2 is 1.74 bits per heavy atom. The van der Waals surface area contributed by atoms with E-state index in [0.29, 0.717) is 22.2 Å². The first-order valence-corrected chi connectivity index (χ1v) is 9.75. The zero-order chi connectivity index (χ0) is 22.1. The van der Waals surface area contributed by atoms with Crippen LogP contribution >= 0.6 is 0 Å². The van der Waals surface area contributed by atoms with E-state index in [-0.39, 0.29) is 36.8 Å². The summed E-state index contributed by atoms with van der Waals surface area (Å²) in [4.78, 5) is 47.9. The van der Waals surface area contributed by atoms with Crippen LogP contribution in [-0.2, 0) is 20.9 Å². The second-order valence-corrected chi connectivity index (χ2v) is 7.41. The number of nitrogens with zero attached hydrogens (tertiary/aromatic N) is 1. The minimum Gasteiger partial charge on any atom is -0.457 e. The van der Waals surface area contributed by atoms with Gasteiger partial charge in [0, 0.05) is 29.9 Å². The minimum atomic E-state index is -0.578. The van der Waals surface area contributed by atoms with Gasteiger partial charge in [0.25, 0.3) is 0 Å². The van der Waals surface area contributed by atoms with Crippen molar-refractivity contribution in [3.63, 3.8) is 0 Å². The SMILES string of the molecule is Cc1cc2oc(=O)cc(COC(=O)c3ccc(N4NC(=O)CCC4=O)cc3)c2cc1C. The van der Waals surface area contributed by atoms with Gasteiger partial charge >= 0.3 is 11.6 Å². The molecule has 1 fully saturated rings. The van der Waals surface area contributed by atoms with E-state index in [1.807, 2.05) is 19.9 Å². The van der Waals surface area contributed by atoms with Crippen LogP contribution in [0.25, 0.3) is 11.0 Å². The molecule has 31 heavy (non-hydrogen) atoms.